The Bertz CT molecular complexity index is 1180. The first-order valence-corrected chi connectivity index (χ1v) is 11.5. The van der Waals surface area contributed by atoms with Crippen molar-refractivity contribution in [1.82, 2.24) is 4.98 Å². The van der Waals surface area contributed by atoms with Gasteiger partial charge in [0.05, 0.1) is 0 Å². The fourth-order valence-corrected chi connectivity index (χ4v) is 4.46. The molecule has 1 aromatic heterocycles. The lowest BCUT2D eigenvalue weighted by Crippen LogP contribution is -2.25. The van der Waals surface area contributed by atoms with E-state index in [9.17, 15) is 4.79 Å². The molecule has 1 aliphatic rings. The topological polar surface area (TPSA) is 60.5 Å². The molecule has 33 heavy (non-hydrogen) atoms. The van der Waals surface area contributed by atoms with Gasteiger partial charge in [-0.3, -0.25) is 9.78 Å². The number of hydrogen-bond acceptors (Lipinski definition) is 4. The van der Waals surface area contributed by atoms with Crippen LogP contribution in [0.5, 0.6) is 11.5 Å². The molecule has 0 saturated carbocycles. The number of anilines is 1. The van der Waals surface area contributed by atoms with Crippen LogP contribution >= 0.6 is 11.6 Å². The molecule has 0 saturated heterocycles. The van der Waals surface area contributed by atoms with Gasteiger partial charge in [0, 0.05) is 41.5 Å². The summed E-state index contributed by atoms with van der Waals surface area (Å²) in [4.78, 5) is 16.3. The maximum atomic E-state index is 12.3. The van der Waals surface area contributed by atoms with Crippen LogP contribution in [0.15, 0.2) is 48.8 Å². The molecule has 0 fully saturated rings. The van der Waals surface area contributed by atoms with Crippen molar-refractivity contribution >= 4 is 23.2 Å². The molecule has 0 bridgehead atoms. The van der Waals surface area contributed by atoms with E-state index in [1.54, 1.807) is 24.5 Å². The maximum absolute atomic E-state index is 12.3. The standard InChI is InChI=1S/C27H29ClN2O3/c1-17-18(2)24(7-5-19(17)6-8-25(31)30-23-9-11-29-12-10-23)32-16-21-14-22(28)13-20-15-27(3,4)33-26(20)21/h5,7,9-14H,6,8,15-16H2,1-4H3,(H,29,30,31). The van der Waals surface area contributed by atoms with Gasteiger partial charge >= 0.3 is 0 Å². The molecule has 2 aromatic carbocycles. The highest BCUT2D eigenvalue weighted by atomic mass is 35.5. The number of pyridine rings is 1. The smallest absolute Gasteiger partial charge is 0.224 e. The van der Waals surface area contributed by atoms with Crippen molar-refractivity contribution in [1.29, 1.82) is 0 Å². The van der Waals surface area contributed by atoms with E-state index >= 15 is 0 Å². The van der Waals surface area contributed by atoms with Crippen LogP contribution in [-0.2, 0) is 24.2 Å². The fourth-order valence-electron chi connectivity index (χ4n) is 4.19. The minimum Gasteiger partial charge on any atom is -0.488 e. The van der Waals surface area contributed by atoms with Crippen molar-refractivity contribution < 1.29 is 14.3 Å². The number of aryl methyl sites for hydroxylation is 1. The Morgan fingerprint density at radius 1 is 1.12 bits per heavy atom. The largest absolute Gasteiger partial charge is 0.488 e. The number of fused-ring (bicyclic) bond motifs is 1. The normalized spacial score (nSPS) is 13.8. The summed E-state index contributed by atoms with van der Waals surface area (Å²) in [6.45, 7) is 8.66. The van der Waals surface area contributed by atoms with Gasteiger partial charge in [-0.25, -0.2) is 0 Å². The summed E-state index contributed by atoms with van der Waals surface area (Å²) in [6.07, 6.45) is 5.22. The molecule has 0 unspecified atom stereocenters. The molecule has 3 aromatic rings. The first-order chi connectivity index (χ1) is 15.7. The van der Waals surface area contributed by atoms with E-state index in [0.717, 1.165) is 51.4 Å². The molecule has 0 aliphatic carbocycles. The van der Waals surface area contributed by atoms with Gasteiger partial charge in [0.25, 0.3) is 0 Å². The molecule has 2 heterocycles. The summed E-state index contributed by atoms with van der Waals surface area (Å²) in [5, 5.41) is 3.60. The maximum Gasteiger partial charge on any atom is 0.224 e. The zero-order chi connectivity index (χ0) is 23.6. The van der Waals surface area contributed by atoms with E-state index in [2.05, 4.69) is 31.1 Å². The van der Waals surface area contributed by atoms with Crippen LogP contribution in [0.1, 0.15) is 48.1 Å². The van der Waals surface area contributed by atoms with E-state index in [1.165, 1.54) is 0 Å². The predicted molar refractivity (Wildman–Crippen MR) is 131 cm³/mol. The van der Waals surface area contributed by atoms with E-state index in [1.807, 2.05) is 31.2 Å². The molecule has 1 N–H and O–H groups in total. The van der Waals surface area contributed by atoms with E-state index in [4.69, 9.17) is 21.1 Å². The quantitative estimate of drug-likeness (QED) is 0.451. The first-order valence-electron chi connectivity index (χ1n) is 11.1. The number of carbonyl (C=O) groups excluding carboxylic acids is 1. The second-order valence-corrected chi connectivity index (χ2v) is 9.57. The van der Waals surface area contributed by atoms with Gasteiger partial charge in [-0.1, -0.05) is 17.7 Å². The summed E-state index contributed by atoms with van der Waals surface area (Å²) in [7, 11) is 0. The molecule has 1 amide bonds. The highest BCUT2D eigenvalue weighted by Crippen LogP contribution is 2.40. The number of nitrogens with zero attached hydrogens (tertiary/aromatic N) is 1. The van der Waals surface area contributed by atoms with Gasteiger partial charge in [0.2, 0.25) is 5.91 Å². The third kappa shape index (κ3) is 5.48. The molecule has 6 heteroatoms. The van der Waals surface area contributed by atoms with E-state index in [-0.39, 0.29) is 11.5 Å². The van der Waals surface area contributed by atoms with Gasteiger partial charge in [-0.2, -0.15) is 0 Å². The Hall–Kier alpha value is -3.05. The van der Waals surface area contributed by atoms with Gasteiger partial charge in [-0.05, 0) is 86.7 Å². The minimum atomic E-state index is -0.236. The number of hydrogen-bond donors (Lipinski definition) is 1. The third-order valence-corrected chi connectivity index (χ3v) is 6.24. The Balaban J connectivity index is 1.41. The van der Waals surface area contributed by atoms with Gasteiger partial charge in [-0.15, -0.1) is 0 Å². The van der Waals surface area contributed by atoms with Crippen molar-refractivity contribution in [2.45, 2.75) is 59.2 Å². The number of amides is 1. The number of rotatable bonds is 7. The molecule has 0 radical (unpaired) electrons. The molecule has 0 spiro atoms. The number of aromatic nitrogens is 1. The molecular weight excluding hydrogens is 436 g/mol. The second kappa shape index (κ2) is 9.44. The van der Waals surface area contributed by atoms with Crippen LogP contribution in [-0.4, -0.2) is 16.5 Å². The monoisotopic (exact) mass is 464 g/mol. The van der Waals surface area contributed by atoms with Crippen LogP contribution in [0.4, 0.5) is 5.69 Å². The van der Waals surface area contributed by atoms with E-state index in [0.29, 0.717) is 24.5 Å². The van der Waals surface area contributed by atoms with Crippen molar-refractivity contribution in [2.75, 3.05) is 5.32 Å². The summed E-state index contributed by atoms with van der Waals surface area (Å²) in [5.41, 5.74) is 5.95. The number of nitrogens with one attached hydrogen (secondary N) is 1. The SMILES string of the molecule is Cc1c(CCC(=O)Nc2ccncc2)ccc(OCc2cc(Cl)cc3c2OC(C)(C)C3)c1C. The van der Waals surface area contributed by atoms with Crippen molar-refractivity contribution in [3.05, 3.63) is 81.6 Å². The first kappa shape index (κ1) is 23.1. The number of halogens is 1. The third-order valence-electron chi connectivity index (χ3n) is 6.02. The Morgan fingerprint density at radius 2 is 1.88 bits per heavy atom. The lowest BCUT2D eigenvalue weighted by Gasteiger charge is -2.19. The Labute approximate surface area is 200 Å². The van der Waals surface area contributed by atoms with Crippen LogP contribution in [0.2, 0.25) is 5.02 Å². The second-order valence-electron chi connectivity index (χ2n) is 9.14. The van der Waals surface area contributed by atoms with Gasteiger partial charge < -0.3 is 14.8 Å². The van der Waals surface area contributed by atoms with Crippen LogP contribution in [0.25, 0.3) is 0 Å². The summed E-state index contributed by atoms with van der Waals surface area (Å²) >= 11 is 6.35. The highest BCUT2D eigenvalue weighted by Gasteiger charge is 2.32. The predicted octanol–water partition coefficient (Wildman–Crippen LogP) is 6.22. The zero-order valence-electron chi connectivity index (χ0n) is 19.5. The van der Waals surface area contributed by atoms with Crippen molar-refractivity contribution in [3.8, 4) is 11.5 Å². The van der Waals surface area contributed by atoms with Crippen molar-refractivity contribution in [3.63, 3.8) is 0 Å². The van der Waals surface area contributed by atoms with E-state index < -0.39 is 0 Å². The Kier molecular flexibility index (Phi) is 6.61. The minimum absolute atomic E-state index is 0.0173. The summed E-state index contributed by atoms with van der Waals surface area (Å²) < 4.78 is 12.3. The average molecular weight is 465 g/mol. The summed E-state index contributed by atoms with van der Waals surface area (Å²) in [6, 6.07) is 11.5. The van der Waals surface area contributed by atoms with Crippen LogP contribution < -0.4 is 14.8 Å². The number of ether oxygens (including phenoxy) is 2. The molecule has 5 nitrogen and oxygen atoms in total. The van der Waals surface area contributed by atoms with Crippen LogP contribution in [0, 0.1) is 13.8 Å². The van der Waals surface area contributed by atoms with Crippen LogP contribution in [0.3, 0.4) is 0 Å². The molecule has 4 rings (SSSR count). The molecule has 0 atom stereocenters. The molecule has 172 valence electrons. The fraction of sp³-hybridized carbons (Fsp3) is 0.333. The Morgan fingerprint density at radius 3 is 2.64 bits per heavy atom. The molecule has 1 aliphatic heterocycles. The zero-order valence-corrected chi connectivity index (χ0v) is 20.3. The number of benzene rings is 2. The lowest BCUT2D eigenvalue weighted by atomic mass is 9.98. The highest BCUT2D eigenvalue weighted by molar-refractivity contribution is 6.30. The van der Waals surface area contributed by atoms with Gasteiger partial charge in [0.15, 0.2) is 0 Å². The molecular formula is C27H29ClN2O3. The van der Waals surface area contributed by atoms with Crippen molar-refractivity contribution in [2.24, 2.45) is 0 Å². The average Bonchev–Trinajstić information content (AvgIpc) is 3.08. The van der Waals surface area contributed by atoms with Gasteiger partial charge in [0.1, 0.15) is 23.7 Å². The summed E-state index contributed by atoms with van der Waals surface area (Å²) in [5.74, 6) is 1.69. The lowest BCUT2D eigenvalue weighted by molar-refractivity contribution is -0.116. The number of carbonyl (C=O) groups is 1.